The van der Waals surface area contributed by atoms with Gasteiger partial charge in [-0.1, -0.05) is 0 Å². The predicted octanol–water partition coefficient (Wildman–Crippen LogP) is 1.74. The monoisotopic (exact) mass is 438 g/mol. The summed E-state index contributed by atoms with van der Waals surface area (Å²) >= 11 is 8.67. The molecule has 6 heavy (non-hydrogen) atoms. The fourth-order valence-corrected chi connectivity index (χ4v) is 0. The van der Waals surface area contributed by atoms with Gasteiger partial charge >= 0.3 is 72.8 Å². The average molecular weight is 437 g/mol. The summed E-state index contributed by atoms with van der Waals surface area (Å²) in [7, 11) is 2.16. The zero-order valence-corrected chi connectivity index (χ0v) is 10.5. The average Bonchev–Trinajstić information content (AvgIpc) is 1.36. The van der Waals surface area contributed by atoms with Gasteiger partial charge in [-0.2, -0.15) is 0 Å². The second-order valence-electron chi connectivity index (χ2n) is 0.793. The third-order valence-corrected chi connectivity index (χ3v) is 17.4. The molecule has 0 N–H and O–H groups in total. The zero-order valence-electron chi connectivity index (χ0n) is 3.16. The molecule has 6 heteroatoms. The molecule has 0 rings (SSSR count). The minimum atomic E-state index is -0.580. The van der Waals surface area contributed by atoms with E-state index in [1.807, 2.05) is 0 Å². The van der Waals surface area contributed by atoms with Crippen LogP contribution in [0.25, 0.3) is 0 Å². The summed E-state index contributed by atoms with van der Waals surface area (Å²) in [4.78, 5) is 0. The van der Waals surface area contributed by atoms with Crippen molar-refractivity contribution in [2.75, 3.05) is 0 Å². The number of hydrogen-bond acceptors (Lipinski definition) is 1. The van der Waals surface area contributed by atoms with E-state index in [-0.39, 0.29) is 0 Å². The van der Waals surface area contributed by atoms with E-state index in [1.165, 1.54) is 0 Å². The fourth-order valence-electron chi connectivity index (χ4n) is 0. The molecule has 0 aromatic heterocycles. The summed E-state index contributed by atoms with van der Waals surface area (Å²) in [6.07, 6.45) is 0. The van der Waals surface area contributed by atoms with Crippen LogP contribution in [0.4, 0.5) is 0 Å². The topological polar surface area (TPSA) is 0 Å². The second-order valence-corrected chi connectivity index (χ2v) is 27.9. The molecule has 0 nitrogen and oxygen atoms in total. The van der Waals surface area contributed by atoms with Crippen molar-refractivity contribution in [3.63, 3.8) is 0 Å². The Hall–Kier alpha value is 2.67. The van der Waals surface area contributed by atoms with Crippen LogP contribution in [0.2, 0.25) is 0 Å². The third-order valence-electron chi connectivity index (χ3n) is 0.239. The van der Waals surface area contributed by atoms with Gasteiger partial charge in [0, 0.05) is 0 Å². The van der Waals surface area contributed by atoms with Gasteiger partial charge in [-0.25, -0.2) is 0 Å². The van der Waals surface area contributed by atoms with Crippen LogP contribution >= 0.6 is 61.4 Å². The van der Waals surface area contributed by atoms with Crippen molar-refractivity contribution in [3.05, 3.63) is 0 Å². The quantitative estimate of drug-likeness (QED) is 0.361. The van der Waals surface area contributed by atoms with Crippen LogP contribution in [0.3, 0.4) is 0 Å². The Morgan fingerprint density at radius 1 is 1.67 bits per heavy atom. The molecule has 0 saturated heterocycles. The van der Waals surface area contributed by atoms with E-state index in [1.54, 1.807) is 0 Å². The van der Waals surface area contributed by atoms with Crippen LogP contribution < -0.4 is 0 Å². The summed E-state index contributed by atoms with van der Waals surface area (Å²) in [5.74, 6) is 0. The van der Waals surface area contributed by atoms with E-state index in [9.17, 15) is 0 Å². The second kappa shape index (κ2) is 4.54. The molecule has 0 spiro atoms. The van der Waals surface area contributed by atoms with Gasteiger partial charge in [0.25, 0.3) is 0 Å². The van der Waals surface area contributed by atoms with E-state index in [4.69, 9.17) is 0 Å². The first-order valence-electron chi connectivity index (χ1n) is 1.34. The molecule has 0 aliphatic rings. The van der Waals surface area contributed by atoms with Crippen molar-refractivity contribution in [2.45, 2.75) is 0 Å². The molecule has 0 fully saturated rings. The van der Waals surface area contributed by atoms with Gasteiger partial charge in [-0.05, 0) is 0 Å². The molecular formula is H3B2I3S. The van der Waals surface area contributed by atoms with Gasteiger partial charge in [0.1, 0.15) is 0 Å². The first kappa shape index (κ1) is 8.67. The SMILES string of the molecule is BB(S)I(I)I. The molecule has 0 unspecified atom stereocenters. The number of halogens is 3. The van der Waals surface area contributed by atoms with Gasteiger partial charge in [-0.15, -0.1) is 0 Å². The molecule has 0 aliphatic heterocycles. The molecule has 0 aliphatic carbocycles. The summed E-state index contributed by atoms with van der Waals surface area (Å²) in [5.41, 5.74) is 0. The molecule has 0 heterocycles. The van der Waals surface area contributed by atoms with E-state index < -0.39 is 11.7 Å². The van der Waals surface area contributed by atoms with Crippen molar-refractivity contribution < 1.29 is 0 Å². The van der Waals surface area contributed by atoms with Crippen molar-refractivity contribution in [3.8, 4) is 0 Å². The zero-order chi connectivity index (χ0) is 5.15. The van der Waals surface area contributed by atoms with Crippen LogP contribution in [0.1, 0.15) is 0 Å². The van der Waals surface area contributed by atoms with Crippen molar-refractivity contribution in [2.24, 2.45) is 0 Å². The molecule has 36 valence electrons. The Labute approximate surface area is 71.2 Å². The molecular weight excluding hydrogens is 434 g/mol. The Bertz CT molecular complexity index is 29.8. The maximum atomic E-state index is 4.25. The molecule has 0 aromatic rings. The Morgan fingerprint density at radius 2 is 1.83 bits per heavy atom. The van der Waals surface area contributed by atoms with Crippen LogP contribution in [0, 0.1) is 0 Å². The minimum absolute atomic E-state index is 0.580. The molecule has 0 atom stereocenters. The Kier molecular flexibility index (Phi) is 6.56. The Morgan fingerprint density at radius 3 is 1.83 bits per heavy atom. The summed E-state index contributed by atoms with van der Waals surface area (Å²) in [6.45, 7) is 0. The van der Waals surface area contributed by atoms with Gasteiger partial charge in [0.05, 0.1) is 0 Å². The number of rotatable bonds is 1. The van der Waals surface area contributed by atoms with E-state index in [2.05, 4.69) is 57.4 Å². The van der Waals surface area contributed by atoms with E-state index in [0.717, 1.165) is 0 Å². The first-order chi connectivity index (χ1) is 2.64. The van der Waals surface area contributed by atoms with Crippen LogP contribution in [-0.4, -0.2) is 11.5 Å². The van der Waals surface area contributed by atoms with Crippen molar-refractivity contribution in [1.29, 1.82) is 0 Å². The van der Waals surface area contributed by atoms with Crippen molar-refractivity contribution >= 4 is 72.8 Å². The molecule has 0 bridgehead atoms. The van der Waals surface area contributed by atoms with Gasteiger partial charge in [-0.3, -0.25) is 0 Å². The first-order valence-corrected chi connectivity index (χ1v) is 15.7. The van der Waals surface area contributed by atoms with Gasteiger partial charge in [0.2, 0.25) is 0 Å². The standard InChI is InChI=1S/B2H3I3S/c1-2(6)5(3)4/h6H,1H2. The predicted molar refractivity (Wildman–Crippen MR) is 65.3 cm³/mol. The number of hydrogen-bond donors (Lipinski definition) is 1. The normalized spacial score (nSPS) is 10.8. The Balaban J connectivity index is 2.99. The van der Waals surface area contributed by atoms with Crippen LogP contribution in [0.15, 0.2) is 0 Å². The van der Waals surface area contributed by atoms with E-state index >= 15 is 0 Å². The fraction of sp³-hybridized carbons (Fsp3) is 0. The summed E-state index contributed by atoms with van der Waals surface area (Å²) in [6, 6.07) is 0. The number of thiol groups is 1. The summed E-state index contributed by atoms with van der Waals surface area (Å²) in [5, 5.41) is 0. The van der Waals surface area contributed by atoms with Gasteiger partial charge in [0.15, 0.2) is 0 Å². The van der Waals surface area contributed by atoms with Gasteiger partial charge < -0.3 is 0 Å². The molecule has 0 aromatic carbocycles. The van der Waals surface area contributed by atoms with Crippen LogP contribution in [0.5, 0.6) is 0 Å². The summed E-state index contributed by atoms with van der Waals surface area (Å²) < 4.78 is 0.676. The van der Waals surface area contributed by atoms with Crippen molar-refractivity contribution in [1.82, 2.24) is 0 Å². The third kappa shape index (κ3) is 4.82. The van der Waals surface area contributed by atoms with E-state index in [0.29, 0.717) is 3.74 Å². The maximum absolute atomic E-state index is 4.25. The molecule has 0 saturated carbocycles. The van der Waals surface area contributed by atoms with Crippen LogP contribution in [-0.2, 0) is 0 Å². The molecule has 0 radical (unpaired) electrons. The molecule has 0 amide bonds.